The van der Waals surface area contributed by atoms with Crippen LogP contribution < -0.4 is 15.4 Å². The first kappa shape index (κ1) is 19.5. The van der Waals surface area contributed by atoms with Crippen LogP contribution in [0, 0.1) is 6.92 Å². The number of amides is 1. The van der Waals surface area contributed by atoms with Gasteiger partial charge in [-0.15, -0.1) is 0 Å². The smallest absolute Gasteiger partial charge is 0.222 e. The van der Waals surface area contributed by atoms with E-state index in [0.29, 0.717) is 26.1 Å². The highest BCUT2D eigenvalue weighted by molar-refractivity contribution is 5.76. The standard InChI is InChI=1S/C24H26N2O2/c1-19-7-9-20(10-8-19)17-26-24(27)15-16-25-22-11-13-23(14-12-22)28-18-21-5-3-2-4-6-21/h2-14,25H,15-18H2,1H3,(H,26,27). The molecular formula is C24H26N2O2. The maximum absolute atomic E-state index is 12.0. The van der Waals surface area contributed by atoms with Crippen molar-refractivity contribution in [1.82, 2.24) is 5.32 Å². The van der Waals surface area contributed by atoms with Crippen LogP contribution in [0.4, 0.5) is 5.69 Å². The lowest BCUT2D eigenvalue weighted by Gasteiger charge is -2.10. The van der Waals surface area contributed by atoms with Gasteiger partial charge in [-0.25, -0.2) is 0 Å². The molecule has 0 unspecified atom stereocenters. The second kappa shape index (κ2) is 10.2. The van der Waals surface area contributed by atoms with Crippen molar-refractivity contribution in [2.75, 3.05) is 11.9 Å². The van der Waals surface area contributed by atoms with Gasteiger partial charge in [-0.2, -0.15) is 0 Å². The predicted octanol–water partition coefficient (Wildman–Crippen LogP) is 4.69. The Labute approximate surface area is 166 Å². The van der Waals surface area contributed by atoms with Crippen LogP contribution in [0.2, 0.25) is 0 Å². The van der Waals surface area contributed by atoms with Crippen LogP contribution in [-0.2, 0) is 17.9 Å². The van der Waals surface area contributed by atoms with E-state index in [1.54, 1.807) is 0 Å². The lowest BCUT2D eigenvalue weighted by molar-refractivity contribution is -0.121. The lowest BCUT2D eigenvalue weighted by Crippen LogP contribution is -2.24. The molecule has 0 fully saturated rings. The van der Waals surface area contributed by atoms with Gasteiger partial charge in [0, 0.05) is 25.2 Å². The monoisotopic (exact) mass is 374 g/mol. The summed E-state index contributed by atoms with van der Waals surface area (Å²) in [7, 11) is 0. The SMILES string of the molecule is Cc1ccc(CNC(=O)CCNc2ccc(OCc3ccccc3)cc2)cc1. The Kier molecular flexibility index (Phi) is 7.08. The molecule has 0 spiro atoms. The third kappa shape index (κ3) is 6.47. The molecule has 0 atom stereocenters. The minimum absolute atomic E-state index is 0.0379. The molecule has 0 saturated heterocycles. The number of carbonyl (C=O) groups excluding carboxylic acids is 1. The minimum atomic E-state index is 0.0379. The zero-order valence-corrected chi connectivity index (χ0v) is 16.2. The molecule has 0 aliphatic rings. The molecule has 3 aromatic rings. The van der Waals surface area contributed by atoms with Crippen molar-refractivity contribution >= 4 is 11.6 Å². The first-order valence-corrected chi connectivity index (χ1v) is 9.52. The Balaban J connectivity index is 1.35. The summed E-state index contributed by atoms with van der Waals surface area (Å²) < 4.78 is 5.78. The van der Waals surface area contributed by atoms with Crippen LogP contribution in [-0.4, -0.2) is 12.5 Å². The van der Waals surface area contributed by atoms with Gasteiger partial charge in [-0.1, -0.05) is 60.2 Å². The molecule has 0 radical (unpaired) electrons. The summed E-state index contributed by atoms with van der Waals surface area (Å²) >= 11 is 0. The maximum Gasteiger partial charge on any atom is 0.222 e. The largest absolute Gasteiger partial charge is 0.489 e. The summed E-state index contributed by atoms with van der Waals surface area (Å²) in [6.07, 6.45) is 0.429. The van der Waals surface area contributed by atoms with Crippen molar-refractivity contribution < 1.29 is 9.53 Å². The quantitative estimate of drug-likeness (QED) is 0.571. The Bertz CT molecular complexity index is 859. The van der Waals surface area contributed by atoms with Crippen molar-refractivity contribution in [2.45, 2.75) is 26.5 Å². The third-order valence-corrected chi connectivity index (χ3v) is 4.39. The Morgan fingerprint density at radius 1 is 0.857 bits per heavy atom. The minimum Gasteiger partial charge on any atom is -0.489 e. The normalized spacial score (nSPS) is 10.3. The number of carbonyl (C=O) groups is 1. The van der Waals surface area contributed by atoms with E-state index in [-0.39, 0.29) is 5.91 Å². The molecule has 144 valence electrons. The van der Waals surface area contributed by atoms with Crippen LogP contribution in [0.15, 0.2) is 78.9 Å². The molecule has 3 rings (SSSR count). The molecule has 4 heteroatoms. The molecule has 1 amide bonds. The fraction of sp³-hybridized carbons (Fsp3) is 0.208. The first-order valence-electron chi connectivity index (χ1n) is 9.52. The van der Waals surface area contributed by atoms with E-state index in [0.717, 1.165) is 22.6 Å². The molecule has 0 aliphatic heterocycles. The van der Waals surface area contributed by atoms with Gasteiger partial charge >= 0.3 is 0 Å². The zero-order valence-electron chi connectivity index (χ0n) is 16.2. The second-order valence-corrected chi connectivity index (χ2v) is 6.74. The lowest BCUT2D eigenvalue weighted by atomic mass is 10.1. The van der Waals surface area contributed by atoms with Crippen LogP contribution in [0.25, 0.3) is 0 Å². The Morgan fingerprint density at radius 2 is 1.57 bits per heavy atom. The highest BCUT2D eigenvalue weighted by Gasteiger charge is 2.02. The van der Waals surface area contributed by atoms with Crippen molar-refractivity contribution in [1.29, 1.82) is 0 Å². The number of anilines is 1. The van der Waals surface area contributed by atoms with Gasteiger partial charge in [0.1, 0.15) is 12.4 Å². The molecule has 0 heterocycles. The third-order valence-electron chi connectivity index (χ3n) is 4.39. The van der Waals surface area contributed by atoms with Crippen molar-refractivity contribution in [3.8, 4) is 5.75 Å². The van der Waals surface area contributed by atoms with Gasteiger partial charge in [0.15, 0.2) is 0 Å². The molecule has 0 aromatic heterocycles. The average molecular weight is 374 g/mol. The number of benzene rings is 3. The van der Waals surface area contributed by atoms with Crippen LogP contribution in [0.3, 0.4) is 0 Å². The highest BCUT2D eigenvalue weighted by Crippen LogP contribution is 2.17. The molecular weight excluding hydrogens is 348 g/mol. The van der Waals surface area contributed by atoms with E-state index in [1.807, 2.05) is 66.7 Å². The average Bonchev–Trinajstić information content (AvgIpc) is 2.73. The zero-order chi connectivity index (χ0) is 19.6. The highest BCUT2D eigenvalue weighted by atomic mass is 16.5. The van der Waals surface area contributed by atoms with Gasteiger partial charge in [-0.3, -0.25) is 4.79 Å². The summed E-state index contributed by atoms with van der Waals surface area (Å²) in [6, 6.07) is 26.1. The van der Waals surface area contributed by atoms with Gasteiger partial charge < -0.3 is 15.4 Å². The van der Waals surface area contributed by atoms with E-state index in [9.17, 15) is 4.79 Å². The van der Waals surface area contributed by atoms with Gasteiger partial charge in [0.25, 0.3) is 0 Å². The van der Waals surface area contributed by atoms with E-state index < -0.39 is 0 Å². The fourth-order valence-corrected chi connectivity index (χ4v) is 2.73. The van der Waals surface area contributed by atoms with Gasteiger partial charge in [-0.05, 0) is 42.3 Å². The van der Waals surface area contributed by atoms with E-state index in [4.69, 9.17) is 4.74 Å². The predicted molar refractivity (Wildman–Crippen MR) is 113 cm³/mol. The Hall–Kier alpha value is -3.27. The summed E-state index contributed by atoms with van der Waals surface area (Å²) in [4.78, 5) is 12.0. The van der Waals surface area contributed by atoms with E-state index >= 15 is 0 Å². The molecule has 3 aromatic carbocycles. The topological polar surface area (TPSA) is 50.4 Å². The summed E-state index contributed by atoms with van der Waals surface area (Å²) in [5.41, 5.74) is 4.44. The molecule has 0 bridgehead atoms. The number of hydrogen-bond donors (Lipinski definition) is 2. The van der Waals surface area contributed by atoms with Crippen molar-refractivity contribution in [3.05, 3.63) is 95.6 Å². The van der Waals surface area contributed by atoms with Gasteiger partial charge in [0.2, 0.25) is 5.91 Å². The van der Waals surface area contributed by atoms with Gasteiger partial charge in [0.05, 0.1) is 0 Å². The summed E-state index contributed by atoms with van der Waals surface area (Å²) in [5, 5.41) is 6.21. The first-order chi connectivity index (χ1) is 13.7. The van der Waals surface area contributed by atoms with Crippen LogP contribution in [0.5, 0.6) is 5.75 Å². The number of rotatable bonds is 9. The summed E-state index contributed by atoms with van der Waals surface area (Å²) in [6.45, 7) is 3.75. The number of ether oxygens (including phenoxy) is 1. The molecule has 4 nitrogen and oxygen atoms in total. The number of aryl methyl sites for hydroxylation is 1. The summed E-state index contributed by atoms with van der Waals surface area (Å²) in [5.74, 6) is 0.862. The maximum atomic E-state index is 12.0. The molecule has 0 saturated carbocycles. The van der Waals surface area contributed by atoms with Crippen LogP contribution in [0.1, 0.15) is 23.1 Å². The van der Waals surface area contributed by atoms with E-state index in [1.165, 1.54) is 5.56 Å². The fourth-order valence-electron chi connectivity index (χ4n) is 2.73. The number of hydrogen-bond acceptors (Lipinski definition) is 3. The molecule has 28 heavy (non-hydrogen) atoms. The molecule has 0 aliphatic carbocycles. The van der Waals surface area contributed by atoms with Crippen LogP contribution >= 0.6 is 0 Å². The van der Waals surface area contributed by atoms with E-state index in [2.05, 4.69) is 29.7 Å². The number of nitrogens with one attached hydrogen (secondary N) is 2. The molecule has 2 N–H and O–H groups in total. The second-order valence-electron chi connectivity index (χ2n) is 6.74. The Morgan fingerprint density at radius 3 is 2.29 bits per heavy atom. The van der Waals surface area contributed by atoms with Crippen molar-refractivity contribution in [3.63, 3.8) is 0 Å². The van der Waals surface area contributed by atoms with Crippen molar-refractivity contribution in [2.24, 2.45) is 0 Å².